The van der Waals surface area contributed by atoms with Crippen molar-refractivity contribution in [1.82, 2.24) is 10.2 Å². The maximum Gasteiger partial charge on any atom is 0.416 e. The number of rotatable bonds is 4. The molecule has 1 saturated heterocycles. The van der Waals surface area contributed by atoms with Gasteiger partial charge in [0, 0.05) is 36.7 Å². The lowest BCUT2D eigenvalue weighted by molar-refractivity contribution is -0.137. The van der Waals surface area contributed by atoms with Crippen molar-refractivity contribution >= 4 is 28.3 Å². The van der Waals surface area contributed by atoms with Crippen LogP contribution in [0.15, 0.2) is 35.3 Å². The Morgan fingerprint density at radius 1 is 1.27 bits per heavy atom. The summed E-state index contributed by atoms with van der Waals surface area (Å²) < 4.78 is 39.4. The number of nitrogens with one attached hydrogen (secondary N) is 1. The van der Waals surface area contributed by atoms with Gasteiger partial charge in [-0.3, -0.25) is 4.90 Å². The van der Waals surface area contributed by atoms with Crippen molar-refractivity contribution in [2.24, 2.45) is 0 Å². The molecule has 0 bridgehead atoms. The molecule has 0 unspecified atom stereocenters. The fraction of sp³-hybridized carbons (Fsp3) is 0.467. The van der Waals surface area contributed by atoms with Gasteiger partial charge in [0.1, 0.15) is 0 Å². The van der Waals surface area contributed by atoms with Crippen molar-refractivity contribution < 1.29 is 13.2 Å². The van der Waals surface area contributed by atoms with E-state index in [0.29, 0.717) is 16.5 Å². The van der Waals surface area contributed by atoms with Crippen molar-refractivity contribution in [1.29, 1.82) is 0 Å². The molecule has 0 amide bonds. The first kappa shape index (κ1) is 19.5. The first-order valence-corrected chi connectivity index (χ1v) is 7.64. The molecule has 1 aromatic carbocycles. The van der Waals surface area contributed by atoms with E-state index in [0.717, 1.165) is 32.2 Å². The first-order chi connectivity index (χ1) is 9.91. The molecule has 2 nitrogen and oxygen atoms in total. The summed E-state index contributed by atoms with van der Waals surface area (Å²) in [6, 6.07) is 4.07. The van der Waals surface area contributed by atoms with E-state index >= 15 is 0 Å². The molecule has 0 radical (unpaired) electrons. The fourth-order valence-electron chi connectivity index (χ4n) is 2.62. The van der Waals surface area contributed by atoms with E-state index in [9.17, 15) is 13.2 Å². The van der Waals surface area contributed by atoms with Gasteiger partial charge in [0.05, 0.1) is 5.56 Å². The third-order valence-electron chi connectivity index (χ3n) is 3.61. The molecule has 0 spiro atoms. The number of nitrogens with zero attached hydrogens (tertiary/aromatic N) is 1. The lowest BCUT2D eigenvalue weighted by Crippen LogP contribution is -2.45. The summed E-state index contributed by atoms with van der Waals surface area (Å²) in [6.07, 6.45) is -1.94. The number of alkyl halides is 3. The van der Waals surface area contributed by atoms with Crippen molar-refractivity contribution in [3.63, 3.8) is 0 Å². The molecular formula is C15H19BrClF3N2. The summed E-state index contributed by atoms with van der Waals surface area (Å²) in [5, 5.41) is 3.25. The molecular weight excluding hydrogens is 381 g/mol. The van der Waals surface area contributed by atoms with Crippen LogP contribution in [0.2, 0.25) is 0 Å². The number of piperazine rings is 1. The van der Waals surface area contributed by atoms with Crippen LogP contribution in [-0.4, -0.2) is 31.1 Å². The van der Waals surface area contributed by atoms with Crippen LogP contribution in [0.25, 0.3) is 0 Å². The second kappa shape index (κ2) is 8.34. The van der Waals surface area contributed by atoms with E-state index in [1.165, 1.54) is 6.07 Å². The highest BCUT2D eigenvalue weighted by Crippen LogP contribution is 2.35. The Bertz CT molecular complexity index is 502. The van der Waals surface area contributed by atoms with E-state index in [1.807, 2.05) is 0 Å². The summed E-state index contributed by atoms with van der Waals surface area (Å²) in [7, 11) is 0. The van der Waals surface area contributed by atoms with Gasteiger partial charge < -0.3 is 5.32 Å². The Balaban J connectivity index is 0.00000242. The van der Waals surface area contributed by atoms with E-state index in [2.05, 4.69) is 32.7 Å². The maximum absolute atomic E-state index is 13.0. The van der Waals surface area contributed by atoms with Crippen LogP contribution in [-0.2, 0) is 6.18 Å². The molecule has 2 rings (SSSR count). The summed E-state index contributed by atoms with van der Waals surface area (Å²) in [4.78, 5) is 2.21. The zero-order valence-corrected chi connectivity index (χ0v) is 14.4. The molecule has 22 heavy (non-hydrogen) atoms. The molecule has 1 heterocycles. The Morgan fingerprint density at radius 3 is 2.45 bits per heavy atom. The minimum absolute atomic E-state index is 0. The van der Waals surface area contributed by atoms with Gasteiger partial charge in [-0.2, -0.15) is 13.2 Å². The fourth-order valence-corrected chi connectivity index (χ4v) is 3.13. The lowest BCUT2D eigenvalue weighted by Gasteiger charge is -2.35. The van der Waals surface area contributed by atoms with Gasteiger partial charge in [-0.05, 0) is 30.2 Å². The van der Waals surface area contributed by atoms with Gasteiger partial charge in [0.15, 0.2) is 0 Å². The second-order valence-corrected chi connectivity index (χ2v) is 6.01. The summed E-state index contributed by atoms with van der Waals surface area (Å²) >= 11 is 3.19. The van der Waals surface area contributed by atoms with Gasteiger partial charge in [0.25, 0.3) is 0 Å². The minimum Gasteiger partial charge on any atom is -0.314 e. The highest BCUT2D eigenvalue weighted by Gasteiger charge is 2.32. The second-order valence-electron chi connectivity index (χ2n) is 5.10. The van der Waals surface area contributed by atoms with E-state index in [4.69, 9.17) is 0 Å². The quantitative estimate of drug-likeness (QED) is 0.754. The van der Waals surface area contributed by atoms with Crippen LogP contribution < -0.4 is 5.32 Å². The van der Waals surface area contributed by atoms with Gasteiger partial charge in [-0.1, -0.05) is 22.0 Å². The average Bonchev–Trinajstić information content (AvgIpc) is 2.44. The average molecular weight is 400 g/mol. The van der Waals surface area contributed by atoms with Crippen molar-refractivity contribution in [2.75, 3.05) is 26.2 Å². The molecule has 1 fully saturated rings. The minimum atomic E-state index is -4.33. The van der Waals surface area contributed by atoms with E-state index < -0.39 is 11.7 Å². The smallest absolute Gasteiger partial charge is 0.314 e. The first-order valence-electron chi connectivity index (χ1n) is 6.85. The van der Waals surface area contributed by atoms with Gasteiger partial charge in [0.2, 0.25) is 0 Å². The molecule has 7 heteroatoms. The van der Waals surface area contributed by atoms with Crippen molar-refractivity contribution in [2.45, 2.75) is 18.6 Å². The van der Waals surface area contributed by atoms with Crippen molar-refractivity contribution in [3.05, 3.63) is 46.5 Å². The normalized spacial score (nSPS) is 17.6. The predicted molar refractivity (Wildman–Crippen MR) is 88.4 cm³/mol. The molecule has 1 aliphatic heterocycles. The zero-order chi connectivity index (χ0) is 15.5. The standard InChI is InChI=1S/C15H18BrF3N2.ClH/c1-2-3-14(21-6-4-20-5-7-21)11-8-12(15(17,18)19)10-13(16)9-11;/h2,8-10,14,20H,1,3-7H2;1H/t14-;/m1./s1. The highest BCUT2D eigenvalue weighted by molar-refractivity contribution is 9.10. The number of hydrogen-bond acceptors (Lipinski definition) is 2. The Labute approximate surface area is 143 Å². The summed E-state index contributed by atoms with van der Waals surface area (Å²) in [6.45, 7) is 7.10. The summed E-state index contributed by atoms with van der Waals surface area (Å²) in [5.74, 6) is 0. The molecule has 0 saturated carbocycles. The topological polar surface area (TPSA) is 15.3 Å². The Hall–Kier alpha value is -0.560. The highest BCUT2D eigenvalue weighted by atomic mass is 79.9. The van der Waals surface area contributed by atoms with Crippen LogP contribution in [0.1, 0.15) is 23.6 Å². The lowest BCUT2D eigenvalue weighted by atomic mass is 9.99. The predicted octanol–water partition coefficient (Wildman–Crippen LogP) is 4.41. The van der Waals surface area contributed by atoms with E-state index in [-0.39, 0.29) is 18.4 Å². The number of halogens is 5. The largest absolute Gasteiger partial charge is 0.416 e. The van der Waals surface area contributed by atoms with Crippen LogP contribution in [0.3, 0.4) is 0 Å². The Kier molecular flexibility index (Phi) is 7.38. The van der Waals surface area contributed by atoms with Gasteiger partial charge >= 0.3 is 6.18 Å². The molecule has 1 N–H and O–H groups in total. The Morgan fingerprint density at radius 2 is 1.91 bits per heavy atom. The summed E-state index contributed by atoms with van der Waals surface area (Å²) in [5.41, 5.74) is 0.0644. The molecule has 0 aliphatic carbocycles. The van der Waals surface area contributed by atoms with Crippen LogP contribution in [0, 0.1) is 0 Å². The molecule has 1 aromatic rings. The molecule has 1 aliphatic rings. The third kappa shape index (κ3) is 4.98. The number of hydrogen-bond donors (Lipinski definition) is 1. The monoisotopic (exact) mass is 398 g/mol. The SMILES string of the molecule is C=CC[C@H](c1cc(Br)cc(C(F)(F)F)c1)N1CCNCC1.Cl. The molecule has 0 aromatic heterocycles. The van der Waals surface area contributed by atoms with Crippen LogP contribution in [0.5, 0.6) is 0 Å². The van der Waals surface area contributed by atoms with Gasteiger partial charge in [-0.25, -0.2) is 0 Å². The maximum atomic E-state index is 13.0. The third-order valence-corrected chi connectivity index (χ3v) is 4.07. The van der Waals surface area contributed by atoms with Crippen LogP contribution >= 0.6 is 28.3 Å². The number of benzene rings is 1. The van der Waals surface area contributed by atoms with Gasteiger partial charge in [-0.15, -0.1) is 19.0 Å². The zero-order valence-electron chi connectivity index (χ0n) is 12.0. The molecule has 124 valence electrons. The van der Waals surface area contributed by atoms with Crippen molar-refractivity contribution in [3.8, 4) is 0 Å². The van der Waals surface area contributed by atoms with E-state index in [1.54, 1.807) is 12.1 Å². The molecule has 1 atom stereocenters. The van der Waals surface area contributed by atoms with Crippen LogP contribution in [0.4, 0.5) is 13.2 Å².